The van der Waals surface area contributed by atoms with Crippen LogP contribution in [0.25, 0.3) is 4.96 Å². The summed E-state index contributed by atoms with van der Waals surface area (Å²) in [6, 6.07) is 0. The van der Waals surface area contributed by atoms with E-state index in [9.17, 15) is 0 Å². The SMILES string of the molecule is CCNCc1c(N(C)CC2CCCCO2)nc2sccn12. The summed E-state index contributed by atoms with van der Waals surface area (Å²) in [6.45, 7) is 5.77. The van der Waals surface area contributed by atoms with Crippen LogP contribution in [-0.4, -0.2) is 42.2 Å². The Morgan fingerprint density at radius 2 is 2.43 bits per heavy atom. The maximum Gasteiger partial charge on any atom is 0.195 e. The molecule has 1 atom stereocenters. The molecular formula is C15H24N4OS. The van der Waals surface area contributed by atoms with Gasteiger partial charge in [0, 0.05) is 38.3 Å². The van der Waals surface area contributed by atoms with Crippen molar-refractivity contribution < 1.29 is 4.74 Å². The first-order chi connectivity index (χ1) is 10.3. The molecule has 2 aromatic heterocycles. The van der Waals surface area contributed by atoms with Crippen LogP contribution in [0.4, 0.5) is 5.82 Å². The fourth-order valence-electron chi connectivity index (χ4n) is 2.88. The number of nitrogens with zero attached hydrogens (tertiary/aromatic N) is 3. The van der Waals surface area contributed by atoms with E-state index in [2.05, 4.69) is 40.2 Å². The Bertz CT molecular complexity index is 573. The minimum Gasteiger partial charge on any atom is -0.376 e. The molecule has 1 unspecified atom stereocenters. The summed E-state index contributed by atoms with van der Waals surface area (Å²) in [7, 11) is 2.12. The van der Waals surface area contributed by atoms with E-state index < -0.39 is 0 Å². The van der Waals surface area contributed by atoms with Gasteiger partial charge < -0.3 is 15.0 Å². The number of hydrogen-bond acceptors (Lipinski definition) is 5. The van der Waals surface area contributed by atoms with E-state index in [1.54, 1.807) is 11.3 Å². The maximum absolute atomic E-state index is 5.86. The van der Waals surface area contributed by atoms with Crippen LogP contribution in [0, 0.1) is 0 Å². The molecule has 0 aliphatic carbocycles. The predicted molar refractivity (Wildman–Crippen MR) is 87.3 cm³/mol. The normalized spacial score (nSPS) is 19.2. The van der Waals surface area contributed by atoms with Crippen molar-refractivity contribution in [3.63, 3.8) is 0 Å². The van der Waals surface area contributed by atoms with Crippen molar-refractivity contribution in [3.05, 3.63) is 17.3 Å². The quantitative estimate of drug-likeness (QED) is 0.890. The van der Waals surface area contributed by atoms with E-state index >= 15 is 0 Å². The predicted octanol–water partition coefficient (Wildman–Crippen LogP) is 2.51. The van der Waals surface area contributed by atoms with E-state index in [0.29, 0.717) is 6.10 Å². The molecule has 5 nitrogen and oxygen atoms in total. The van der Waals surface area contributed by atoms with Gasteiger partial charge in [0.2, 0.25) is 0 Å². The lowest BCUT2D eigenvalue weighted by Crippen LogP contribution is -2.34. The van der Waals surface area contributed by atoms with Crippen LogP contribution >= 0.6 is 11.3 Å². The Labute approximate surface area is 129 Å². The van der Waals surface area contributed by atoms with Gasteiger partial charge in [-0.1, -0.05) is 6.92 Å². The molecule has 1 aliphatic rings. The van der Waals surface area contributed by atoms with Crippen LogP contribution in [0.3, 0.4) is 0 Å². The van der Waals surface area contributed by atoms with Gasteiger partial charge in [-0.2, -0.15) is 0 Å². The smallest absolute Gasteiger partial charge is 0.195 e. The summed E-state index contributed by atoms with van der Waals surface area (Å²) in [6.07, 6.45) is 6.09. The van der Waals surface area contributed by atoms with E-state index in [1.165, 1.54) is 18.5 Å². The lowest BCUT2D eigenvalue weighted by Gasteiger charge is -2.28. The molecule has 1 saturated heterocycles. The van der Waals surface area contributed by atoms with Gasteiger partial charge in [0.25, 0.3) is 0 Å². The van der Waals surface area contributed by atoms with Gasteiger partial charge in [0.15, 0.2) is 10.8 Å². The third-order valence-electron chi connectivity index (χ3n) is 4.00. The monoisotopic (exact) mass is 308 g/mol. The number of fused-ring (bicyclic) bond motifs is 1. The first kappa shape index (κ1) is 14.8. The van der Waals surface area contributed by atoms with Gasteiger partial charge in [-0.3, -0.25) is 4.40 Å². The number of nitrogens with one attached hydrogen (secondary N) is 1. The van der Waals surface area contributed by atoms with Gasteiger partial charge in [-0.05, 0) is 25.8 Å². The maximum atomic E-state index is 5.86. The van der Waals surface area contributed by atoms with Crippen LogP contribution in [0.15, 0.2) is 11.6 Å². The highest BCUT2D eigenvalue weighted by atomic mass is 32.1. The van der Waals surface area contributed by atoms with Crippen molar-refractivity contribution in [1.29, 1.82) is 0 Å². The second-order valence-electron chi connectivity index (χ2n) is 5.59. The molecule has 0 aromatic carbocycles. The zero-order valence-corrected chi connectivity index (χ0v) is 13.7. The fraction of sp³-hybridized carbons (Fsp3) is 0.667. The fourth-order valence-corrected chi connectivity index (χ4v) is 3.61. The Hall–Kier alpha value is -1.11. The number of thiazole rings is 1. The standard InChI is InChI=1S/C15H24N4OS/c1-3-16-10-13-14(17-15-19(13)7-9-21-15)18(2)11-12-6-4-5-8-20-12/h7,9,12,16H,3-6,8,10-11H2,1-2H3. The first-order valence-electron chi connectivity index (χ1n) is 7.77. The first-order valence-corrected chi connectivity index (χ1v) is 8.65. The van der Waals surface area contributed by atoms with Gasteiger partial charge in [-0.15, -0.1) is 11.3 Å². The molecule has 0 radical (unpaired) electrons. The van der Waals surface area contributed by atoms with Crippen LogP contribution in [0.1, 0.15) is 31.9 Å². The van der Waals surface area contributed by atoms with Gasteiger partial charge in [-0.25, -0.2) is 4.98 Å². The number of anilines is 1. The van der Waals surface area contributed by atoms with Crippen molar-refractivity contribution >= 4 is 22.1 Å². The summed E-state index contributed by atoms with van der Waals surface area (Å²) >= 11 is 1.69. The number of likely N-dealkylation sites (N-methyl/N-ethyl adjacent to an activating group) is 1. The number of imidazole rings is 1. The highest BCUT2D eigenvalue weighted by molar-refractivity contribution is 7.15. The third kappa shape index (κ3) is 3.22. The summed E-state index contributed by atoms with van der Waals surface area (Å²) in [5.74, 6) is 1.08. The van der Waals surface area contributed by atoms with E-state index in [1.807, 2.05) is 0 Å². The zero-order valence-electron chi connectivity index (χ0n) is 12.8. The molecule has 0 spiro atoms. The van der Waals surface area contributed by atoms with Gasteiger partial charge in [0.05, 0.1) is 11.8 Å². The molecule has 1 N–H and O–H groups in total. The van der Waals surface area contributed by atoms with Crippen LogP contribution in [0.5, 0.6) is 0 Å². The van der Waals surface area contributed by atoms with E-state index in [0.717, 1.165) is 43.4 Å². The molecule has 1 fully saturated rings. The lowest BCUT2D eigenvalue weighted by atomic mass is 10.1. The van der Waals surface area contributed by atoms with Crippen LogP contribution in [-0.2, 0) is 11.3 Å². The summed E-state index contributed by atoms with van der Waals surface area (Å²) in [5, 5.41) is 5.51. The zero-order chi connectivity index (χ0) is 14.7. The minimum atomic E-state index is 0.343. The van der Waals surface area contributed by atoms with Gasteiger partial charge >= 0.3 is 0 Å². The van der Waals surface area contributed by atoms with Crippen molar-refractivity contribution in [2.75, 3.05) is 31.6 Å². The Balaban J connectivity index is 1.78. The molecule has 116 valence electrons. The summed E-state index contributed by atoms with van der Waals surface area (Å²) in [4.78, 5) is 8.12. The van der Waals surface area contributed by atoms with E-state index in [-0.39, 0.29) is 0 Å². The van der Waals surface area contributed by atoms with Crippen molar-refractivity contribution in [2.24, 2.45) is 0 Å². The lowest BCUT2D eigenvalue weighted by molar-refractivity contribution is 0.0215. The van der Waals surface area contributed by atoms with Crippen LogP contribution < -0.4 is 10.2 Å². The molecule has 6 heteroatoms. The number of ether oxygens (including phenoxy) is 1. The van der Waals surface area contributed by atoms with E-state index in [4.69, 9.17) is 9.72 Å². The minimum absolute atomic E-state index is 0.343. The molecule has 0 saturated carbocycles. The topological polar surface area (TPSA) is 41.8 Å². The number of aromatic nitrogens is 2. The largest absolute Gasteiger partial charge is 0.376 e. The van der Waals surface area contributed by atoms with Crippen molar-refractivity contribution in [1.82, 2.24) is 14.7 Å². The molecule has 3 rings (SSSR count). The Morgan fingerprint density at radius 3 is 3.19 bits per heavy atom. The molecule has 3 heterocycles. The Kier molecular flexibility index (Phi) is 4.77. The van der Waals surface area contributed by atoms with Crippen LogP contribution in [0.2, 0.25) is 0 Å². The molecule has 2 aromatic rings. The molecular weight excluding hydrogens is 284 g/mol. The Morgan fingerprint density at radius 1 is 1.52 bits per heavy atom. The second kappa shape index (κ2) is 6.77. The molecule has 0 amide bonds. The highest BCUT2D eigenvalue weighted by Gasteiger charge is 2.21. The number of rotatable bonds is 6. The van der Waals surface area contributed by atoms with Crippen molar-refractivity contribution in [3.8, 4) is 0 Å². The average molecular weight is 308 g/mol. The molecule has 0 bridgehead atoms. The van der Waals surface area contributed by atoms with Crippen molar-refractivity contribution in [2.45, 2.75) is 38.8 Å². The highest BCUT2D eigenvalue weighted by Crippen LogP contribution is 2.25. The molecule has 1 aliphatic heterocycles. The third-order valence-corrected chi connectivity index (χ3v) is 4.75. The summed E-state index contributed by atoms with van der Waals surface area (Å²) in [5.41, 5.74) is 1.24. The van der Waals surface area contributed by atoms with Gasteiger partial charge in [0.1, 0.15) is 0 Å². The average Bonchev–Trinajstić information content (AvgIpc) is 3.07. The number of hydrogen-bond donors (Lipinski definition) is 1. The summed E-state index contributed by atoms with van der Waals surface area (Å²) < 4.78 is 8.05. The second-order valence-corrected chi connectivity index (χ2v) is 6.46. The molecule has 21 heavy (non-hydrogen) atoms.